The number of benzene rings is 1. The van der Waals surface area contributed by atoms with Crippen molar-refractivity contribution >= 4 is 29.4 Å². The van der Waals surface area contributed by atoms with E-state index in [2.05, 4.69) is 30.9 Å². The molecular weight excluding hydrogens is 380 g/mol. The fourth-order valence-electron chi connectivity index (χ4n) is 2.30. The first-order chi connectivity index (χ1) is 13.9. The van der Waals surface area contributed by atoms with Gasteiger partial charge in [0.25, 0.3) is 0 Å². The number of ether oxygens (including phenoxy) is 1. The molecule has 0 fully saturated rings. The van der Waals surface area contributed by atoms with E-state index < -0.39 is 17.8 Å². The summed E-state index contributed by atoms with van der Waals surface area (Å²) in [6.07, 6.45) is 1.60. The molecule has 0 saturated carbocycles. The highest BCUT2D eigenvalue weighted by atomic mass is 16.5. The molecule has 29 heavy (non-hydrogen) atoms. The lowest BCUT2D eigenvalue weighted by atomic mass is 10.1. The van der Waals surface area contributed by atoms with Gasteiger partial charge in [-0.25, -0.2) is 0 Å². The molecule has 1 aromatic heterocycles. The fraction of sp³-hybridized carbons (Fsp3) is 0.333. The summed E-state index contributed by atoms with van der Waals surface area (Å²) in [4.78, 5) is 46.7. The number of amides is 3. The lowest BCUT2D eigenvalue weighted by Crippen LogP contribution is -2.35. The molecule has 1 heterocycles. The van der Waals surface area contributed by atoms with Gasteiger partial charge in [-0.2, -0.15) is 0 Å². The number of aryl methyl sites for hydroxylation is 1. The van der Waals surface area contributed by atoms with E-state index >= 15 is 0 Å². The third-order valence-corrected chi connectivity index (χ3v) is 3.88. The average molecular weight is 402 g/mol. The number of rotatable bonds is 8. The van der Waals surface area contributed by atoms with Gasteiger partial charge in [-0.3, -0.25) is 19.2 Å². The summed E-state index contributed by atoms with van der Waals surface area (Å²) in [5, 5.41) is 15.0. The van der Waals surface area contributed by atoms with Gasteiger partial charge < -0.3 is 25.3 Å². The first kappa shape index (κ1) is 21.5. The van der Waals surface area contributed by atoms with Crippen LogP contribution in [0.25, 0.3) is 0 Å². The Kier molecular flexibility index (Phi) is 7.83. The average Bonchev–Trinajstić information content (AvgIpc) is 3.19. The zero-order valence-electron chi connectivity index (χ0n) is 16.1. The predicted octanol–water partition coefficient (Wildman–Crippen LogP) is -0.615. The maximum Gasteiger partial charge on any atom is 0.325 e. The highest BCUT2D eigenvalue weighted by Gasteiger charge is 2.15. The van der Waals surface area contributed by atoms with Gasteiger partial charge >= 0.3 is 17.8 Å². The van der Waals surface area contributed by atoms with E-state index in [0.29, 0.717) is 23.6 Å². The molecule has 2 aromatic rings. The van der Waals surface area contributed by atoms with Gasteiger partial charge in [-0.1, -0.05) is 12.1 Å². The normalized spacial score (nSPS) is 10.1. The van der Waals surface area contributed by atoms with Crippen LogP contribution in [0.4, 0.5) is 5.69 Å². The van der Waals surface area contributed by atoms with Crippen LogP contribution in [0.15, 0.2) is 30.6 Å². The van der Waals surface area contributed by atoms with Crippen LogP contribution in [0.3, 0.4) is 0 Å². The second-order valence-corrected chi connectivity index (χ2v) is 5.90. The topological polar surface area (TPSA) is 144 Å². The number of methoxy groups -OCH3 is 1. The third-order valence-electron chi connectivity index (χ3n) is 3.88. The van der Waals surface area contributed by atoms with E-state index in [1.54, 1.807) is 35.2 Å². The van der Waals surface area contributed by atoms with Crippen molar-refractivity contribution in [2.45, 2.75) is 26.4 Å². The smallest absolute Gasteiger partial charge is 0.325 e. The van der Waals surface area contributed by atoms with Crippen LogP contribution in [-0.2, 0) is 43.4 Å². The summed E-state index contributed by atoms with van der Waals surface area (Å²) < 4.78 is 6.19. The largest absolute Gasteiger partial charge is 0.468 e. The van der Waals surface area contributed by atoms with E-state index in [4.69, 9.17) is 0 Å². The minimum absolute atomic E-state index is 0.0593. The van der Waals surface area contributed by atoms with Gasteiger partial charge in [-0.15, -0.1) is 10.2 Å². The Morgan fingerprint density at radius 2 is 1.79 bits per heavy atom. The SMILES string of the molecule is CCn1cnnc1CNC(=O)C(=O)Nc1ccc(CC(=O)NCC(=O)OC)cc1. The lowest BCUT2D eigenvalue weighted by molar-refractivity contribution is -0.141. The summed E-state index contributed by atoms with van der Waals surface area (Å²) in [5.41, 5.74) is 1.08. The number of anilines is 1. The Morgan fingerprint density at radius 1 is 1.07 bits per heavy atom. The summed E-state index contributed by atoms with van der Waals surface area (Å²) >= 11 is 0. The molecule has 11 heteroatoms. The van der Waals surface area contributed by atoms with Crippen molar-refractivity contribution in [2.24, 2.45) is 0 Å². The van der Waals surface area contributed by atoms with Gasteiger partial charge in [0, 0.05) is 12.2 Å². The number of aromatic nitrogens is 3. The number of esters is 1. The van der Waals surface area contributed by atoms with E-state index in [9.17, 15) is 19.2 Å². The maximum atomic E-state index is 12.0. The predicted molar refractivity (Wildman–Crippen MR) is 101 cm³/mol. The second kappa shape index (κ2) is 10.5. The minimum Gasteiger partial charge on any atom is -0.468 e. The Morgan fingerprint density at radius 3 is 2.45 bits per heavy atom. The summed E-state index contributed by atoms with van der Waals surface area (Å²) in [6.45, 7) is 2.44. The van der Waals surface area contributed by atoms with Crippen LogP contribution in [0.5, 0.6) is 0 Å². The molecule has 0 saturated heterocycles. The molecule has 0 atom stereocenters. The van der Waals surface area contributed by atoms with Crippen molar-refractivity contribution in [2.75, 3.05) is 19.0 Å². The summed E-state index contributed by atoms with van der Waals surface area (Å²) in [6, 6.07) is 6.41. The van der Waals surface area contributed by atoms with Gasteiger partial charge in [0.2, 0.25) is 5.91 Å². The number of carbonyl (C=O) groups is 4. The third kappa shape index (κ3) is 6.72. The monoisotopic (exact) mass is 402 g/mol. The summed E-state index contributed by atoms with van der Waals surface area (Å²) in [7, 11) is 1.24. The van der Waals surface area contributed by atoms with Gasteiger partial charge in [0.15, 0.2) is 5.82 Å². The number of hydrogen-bond acceptors (Lipinski definition) is 7. The van der Waals surface area contributed by atoms with Crippen LogP contribution < -0.4 is 16.0 Å². The van der Waals surface area contributed by atoms with E-state index in [0.717, 1.165) is 0 Å². The van der Waals surface area contributed by atoms with Crippen LogP contribution in [0.2, 0.25) is 0 Å². The van der Waals surface area contributed by atoms with E-state index in [1.165, 1.54) is 7.11 Å². The molecule has 0 spiro atoms. The van der Waals surface area contributed by atoms with Gasteiger partial charge in [-0.05, 0) is 24.6 Å². The Balaban J connectivity index is 1.80. The maximum absolute atomic E-state index is 12.0. The van der Waals surface area contributed by atoms with Crippen molar-refractivity contribution in [1.82, 2.24) is 25.4 Å². The van der Waals surface area contributed by atoms with Crippen molar-refractivity contribution < 1.29 is 23.9 Å². The van der Waals surface area contributed by atoms with Crippen LogP contribution in [-0.4, -0.2) is 52.1 Å². The quantitative estimate of drug-likeness (QED) is 0.394. The first-order valence-corrected chi connectivity index (χ1v) is 8.81. The number of carbonyl (C=O) groups excluding carboxylic acids is 4. The number of hydrogen-bond donors (Lipinski definition) is 3. The molecule has 0 aliphatic carbocycles. The van der Waals surface area contributed by atoms with Gasteiger partial charge in [0.05, 0.1) is 20.1 Å². The molecule has 11 nitrogen and oxygen atoms in total. The van der Waals surface area contributed by atoms with E-state index in [1.807, 2.05) is 6.92 Å². The molecule has 0 aliphatic rings. The second-order valence-electron chi connectivity index (χ2n) is 5.90. The highest BCUT2D eigenvalue weighted by Crippen LogP contribution is 2.10. The Labute approximate surface area is 166 Å². The molecule has 2 rings (SSSR count). The Hall–Kier alpha value is -3.76. The first-order valence-electron chi connectivity index (χ1n) is 8.81. The molecular formula is C18H22N6O5. The van der Waals surface area contributed by atoms with Crippen molar-refractivity contribution in [3.8, 4) is 0 Å². The van der Waals surface area contributed by atoms with Crippen molar-refractivity contribution in [3.63, 3.8) is 0 Å². The molecule has 0 radical (unpaired) electrons. The fourth-order valence-corrected chi connectivity index (χ4v) is 2.30. The summed E-state index contributed by atoms with van der Waals surface area (Å²) in [5.74, 6) is -1.96. The van der Waals surface area contributed by atoms with Crippen LogP contribution in [0, 0.1) is 0 Å². The highest BCUT2D eigenvalue weighted by molar-refractivity contribution is 6.39. The van der Waals surface area contributed by atoms with Crippen LogP contribution in [0.1, 0.15) is 18.3 Å². The molecule has 3 amide bonds. The van der Waals surface area contributed by atoms with Crippen LogP contribution >= 0.6 is 0 Å². The molecule has 1 aromatic carbocycles. The van der Waals surface area contributed by atoms with E-state index in [-0.39, 0.29) is 25.4 Å². The Bertz CT molecular complexity index is 877. The minimum atomic E-state index is -0.823. The zero-order valence-corrected chi connectivity index (χ0v) is 16.1. The number of nitrogens with one attached hydrogen (secondary N) is 3. The standard InChI is InChI=1S/C18H22N6O5/c1-3-24-11-21-23-14(24)9-20-17(27)18(28)22-13-6-4-12(5-7-13)8-15(25)19-10-16(26)29-2/h4-7,11H,3,8-10H2,1-2H3,(H,19,25)(H,20,27)(H,22,28). The number of nitrogens with zero attached hydrogens (tertiary/aromatic N) is 3. The van der Waals surface area contributed by atoms with Gasteiger partial charge in [0.1, 0.15) is 12.9 Å². The molecule has 154 valence electrons. The molecule has 0 bridgehead atoms. The van der Waals surface area contributed by atoms with Crippen molar-refractivity contribution in [3.05, 3.63) is 42.0 Å². The lowest BCUT2D eigenvalue weighted by Gasteiger charge is -2.08. The molecule has 3 N–H and O–H groups in total. The molecule has 0 unspecified atom stereocenters. The van der Waals surface area contributed by atoms with Crippen molar-refractivity contribution in [1.29, 1.82) is 0 Å². The molecule has 0 aliphatic heterocycles. The zero-order chi connectivity index (χ0) is 21.2.